The number of carbonyl (C=O) groups is 2. The zero-order valence-electron chi connectivity index (χ0n) is 18.4. The van der Waals surface area contributed by atoms with Gasteiger partial charge >= 0.3 is 0 Å². The number of halogens is 2. The summed E-state index contributed by atoms with van der Waals surface area (Å²) in [5, 5.41) is 11.1. The number of para-hydroxylation sites is 1. The Kier molecular flexibility index (Phi) is 5.61. The molecule has 0 aliphatic heterocycles. The molecule has 2 heterocycles. The van der Waals surface area contributed by atoms with Crippen LogP contribution < -0.4 is 10.6 Å². The lowest BCUT2D eigenvalue weighted by molar-refractivity contribution is -0.124. The van der Waals surface area contributed by atoms with Gasteiger partial charge in [-0.25, -0.2) is 14.1 Å². The number of rotatable bonds is 6. The van der Waals surface area contributed by atoms with Gasteiger partial charge < -0.3 is 10.6 Å². The minimum Gasteiger partial charge on any atom is -0.347 e. The highest BCUT2D eigenvalue weighted by atomic mass is 35.5. The van der Waals surface area contributed by atoms with Crippen molar-refractivity contribution in [2.75, 3.05) is 0 Å². The Morgan fingerprint density at radius 2 is 2.00 bits per heavy atom. The van der Waals surface area contributed by atoms with Gasteiger partial charge in [-0.1, -0.05) is 29.8 Å². The van der Waals surface area contributed by atoms with Crippen molar-refractivity contribution >= 4 is 45.7 Å². The fraction of sp³-hybridized carbons (Fsp3) is 0.250. The van der Waals surface area contributed by atoms with E-state index >= 15 is 4.39 Å². The molecule has 174 valence electrons. The Bertz CT molecular complexity index is 1430. The van der Waals surface area contributed by atoms with Gasteiger partial charge in [0.15, 0.2) is 5.15 Å². The van der Waals surface area contributed by atoms with E-state index in [9.17, 15) is 9.59 Å². The summed E-state index contributed by atoms with van der Waals surface area (Å²) in [7, 11) is 0. The number of hydrogen-bond donors (Lipinski definition) is 2. The maximum atomic E-state index is 15.1. The van der Waals surface area contributed by atoms with E-state index in [4.69, 9.17) is 11.6 Å². The van der Waals surface area contributed by atoms with Gasteiger partial charge in [0.05, 0.1) is 28.5 Å². The van der Waals surface area contributed by atoms with E-state index in [-0.39, 0.29) is 11.8 Å². The van der Waals surface area contributed by atoms with Crippen LogP contribution in [-0.4, -0.2) is 32.1 Å². The number of aromatic nitrogens is 3. The topological polar surface area (TPSA) is 88.9 Å². The van der Waals surface area contributed by atoms with E-state index in [0.717, 1.165) is 10.9 Å². The molecular formula is C24H21ClFN5O2S. The molecule has 0 saturated heterocycles. The van der Waals surface area contributed by atoms with Crippen LogP contribution in [0.25, 0.3) is 16.6 Å². The second kappa shape index (κ2) is 8.48. The zero-order chi connectivity index (χ0) is 24.0. The van der Waals surface area contributed by atoms with Crippen LogP contribution in [0, 0.1) is 12.7 Å². The van der Waals surface area contributed by atoms with E-state index < -0.39 is 17.4 Å². The van der Waals surface area contributed by atoms with E-state index in [1.165, 1.54) is 17.4 Å². The fourth-order valence-electron chi connectivity index (χ4n) is 3.96. The van der Waals surface area contributed by atoms with Crippen LogP contribution in [0.2, 0.25) is 5.15 Å². The molecule has 2 N–H and O–H groups in total. The summed E-state index contributed by atoms with van der Waals surface area (Å²) in [5.41, 5.74) is 2.87. The van der Waals surface area contributed by atoms with Gasteiger partial charge in [0, 0.05) is 10.9 Å². The van der Waals surface area contributed by atoms with Crippen molar-refractivity contribution in [3.8, 4) is 5.69 Å². The minimum atomic E-state index is -0.969. The molecule has 1 aliphatic carbocycles. The highest BCUT2D eigenvalue weighted by Gasteiger charge is 2.51. The van der Waals surface area contributed by atoms with Crippen molar-refractivity contribution in [2.45, 2.75) is 38.3 Å². The summed E-state index contributed by atoms with van der Waals surface area (Å²) in [5.74, 6) is -1.13. The van der Waals surface area contributed by atoms with Crippen molar-refractivity contribution in [1.29, 1.82) is 0 Å². The van der Waals surface area contributed by atoms with Crippen molar-refractivity contribution in [3.05, 3.63) is 75.1 Å². The number of thiazole rings is 1. The van der Waals surface area contributed by atoms with Crippen molar-refractivity contribution in [1.82, 2.24) is 25.4 Å². The number of fused-ring (bicyclic) bond motifs is 1. The summed E-state index contributed by atoms with van der Waals surface area (Å²) in [6.45, 7) is 3.46. The van der Waals surface area contributed by atoms with Gasteiger partial charge in [0.25, 0.3) is 5.91 Å². The first kappa shape index (κ1) is 22.5. The van der Waals surface area contributed by atoms with Crippen LogP contribution in [0.1, 0.15) is 46.7 Å². The third-order valence-electron chi connectivity index (χ3n) is 6.07. The SMILES string of the molecule is Cc1ncsc1C(=O)NC1(C(=O)N[C@H](C)c2ccc(-n3nc(Cl)c4ccccc43)cc2F)CC1. The maximum Gasteiger partial charge on any atom is 0.264 e. The second-order valence-electron chi connectivity index (χ2n) is 8.42. The van der Waals surface area contributed by atoms with Crippen LogP contribution in [-0.2, 0) is 4.79 Å². The lowest BCUT2D eigenvalue weighted by Crippen LogP contribution is -2.49. The third kappa shape index (κ3) is 3.95. The second-order valence-corrected chi connectivity index (χ2v) is 9.64. The molecule has 1 fully saturated rings. The van der Waals surface area contributed by atoms with Crippen molar-refractivity contribution in [3.63, 3.8) is 0 Å². The molecule has 4 aromatic rings. The van der Waals surface area contributed by atoms with E-state index in [1.54, 1.807) is 36.2 Å². The third-order valence-corrected chi connectivity index (χ3v) is 7.28. The monoisotopic (exact) mass is 497 g/mol. The summed E-state index contributed by atoms with van der Waals surface area (Å²) in [4.78, 5) is 30.1. The highest BCUT2D eigenvalue weighted by Crippen LogP contribution is 2.37. The molecule has 5 rings (SSSR count). The van der Waals surface area contributed by atoms with E-state index in [1.807, 2.05) is 24.3 Å². The molecule has 0 unspecified atom stereocenters. The molecule has 10 heteroatoms. The first-order valence-corrected chi connectivity index (χ1v) is 12.0. The molecule has 2 amide bonds. The van der Waals surface area contributed by atoms with Crippen LogP contribution in [0.3, 0.4) is 0 Å². The summed E-state index contributed by atoms with van der Waals surface area (Å²) in [6.07, 6.45) is 1.06. The summed E-state index contributed by atoms with van der Waals surface area (Å²) < 4.78 is 16.7. The Morgan fingerprint density at radius 3 is 2.68 bits per heavy atom. The minimum absolute atomic E-state index is 0.319. The number of hydrogen-bond acceptors (Lipinski definition) is 5. The fourth-order valence-corrected chi connectivity index (χ4v) is 4.90. The smallest absolute Gasteiger partial charge is 0.264 e. The Balaban J connectivity index is 1.32. The average Bonchev–Trinajstić information content (AvgIpc) is 3.34. The Morgan fingerprint density at radius 1 is 1.24 bits per heavy atom. The molecule has 2 aromatic carbocycles. The van der Waals surface area contributed by atoms with Gasteiger partial charge in [-0.15, -0.1) is 11.3 Å². The van der Waals surface area contributed by atoms with Crippen molar-refractivity contribution in [2.24, 2.45) is 0 Å². The zero-order valence-corrected chi connectivity index (χ0v) is 20.0. The van der Waals surface area contributed by atoms with Gasteiger partial charge in [0.2, 0.25) is 5.91 Å². The van der Waals surface area contributed by atoms with E-state index in [0.29, 0.717) is 39.8 Å². The lowest BCUT2D eigenvalue weighted by atomic mass is 10.1. The average molecular weight is 498 g/mol. The number of amides is 2. The number of nitrogens with one attached hydrogen (secondary N) is 2. The molecule has 2 aromatic heterocycles. The summed E-state index contributed by atoms with van der Waals surface area (Å²) >= 11 is 7.46. The number of nitrogens with zero attached hydrogens (tertiary/aromatic N) is 3. The molecule has 34 heavy (non-hydrogen) atoms. The summed E-state index contributed by atoms with van der Waals surface area (Å²) in [6, 6.07) is 11.6. The van der Waals surface area contributed by atoms with Crippen LogP contribution >= 0.6 is 22.9 Å². The molecular weight excluding hydrogens is 477 g/mol. The largest absolute Gasteiger partial charge is 0.347 e. The molecule has 0 radical (unpaired) electrons. The number of carbonyl (C=O) groups excluding carboxylic acids is 2. The van der Waals surface area contributed by atoms with Crippen LogP contribution in [0.4, 0.5) is 4.39 Å². The molecule has 7 nitrogen and oxygen atoms in total. The maximum absolute atomic E-state index is 15.1. The molecule has 1 saturated carbocycles. The van der Waals surface area contributed by atoms with Crippen LogP contribution in [0.15, 0.2) is 48.0 Å². The van der Waals surface area contributed by atoms with Gasteiger partial charge in [0.1, 0.15) is 16.2 Å². The molecule has 1 aliphatic rings. The van der Waals surface area contributed by atoms with Gasteiger partial charge in [-0.3, -0.25) is 9.59 Å². The number of aryl methyl sites for hydroxylation is 1. The lowest BCUT2D eigenvalue weighted by Gasteiger charge is -2.21. The highest BCUT2D eigenvalue weighted by molar-refractivity contribution is 7.11. The van der Waals surface area contributed by atoms with E-state index in [2.05, 4.69) is 20.7 Å². The predicted molar refractivity (Wildman–Crippen MR) is 129 cm³/mol. The molecule has 0 spiro atoms. The Hall–Kier alpha value is -3.30. The predicted octanol–water partition coefficient (Wildman–Crippen LogP) is 4.72. The molecule has 0 bridgehead atoms. The van der Waals surface area contributed by atoms with Gasteiger partial charge in [-0.2, -0.15) is 5.10 Å². The number of benzene rings is 2. The Labute approximate surface area is 203 Å². The van der Waals surface area contributed by atoms with Gasteiger partial charge in [-0.05, 0) is 51.0 Å². The standard InChI is InChI=1S/C24H21ClFN5O2S/c1-13(28-23(33)24(9-10-24)29-22(32)20-14(2)27-12-34-20)16-8-7-15(11-18(16)26)31-19-6-4-3-5-17(19)21(25)30-31/h3-8,11-13H,9-10H2,1-2H3,(H,28,33)(H,29,32)/t13-/m1/s1. The normalized spacial score (nSPS) is 15.2. The van der Waals surface area contributed by atoms with Crippen molar-refractivity contribution < 1.29 is 14.0 Å². The molecule has 1 atom stereocenters. The first-order valence-electron chi connectivity index (χ1n) is 10.8. The first-order chi connectivity index (χ1) is 16.3. The quantitative estimate of drug-likeness (QED) is 0.403. The van der Waals surface area contributed by atoms with Crippen LogP contribution in [0.5, 0.6) is 0 Å².